The molecule has 1 fully saturated rings. The number of hydrogen-bond donors (Lipinski definition) is 2. The molecule has 0 unspecified atom stereocenters. The Labute approximate surface area is 159 Å². The van der Waals surface area contributed by atoms with Crippen LogP contribution in [-0.4, -0.2) is 85.1 Å². The molecular weight excluding hydrogens is 399 g/mol. The number of carboxylic acid groups (broad SMARTS) is 1. The second-order valence-corrected chi connectivity index (χ2v) is 10.8. The number of aliphatic carboxylic acids is 1. The fourth-order valence-corrected chi connectivity index (χ4v) is 6.82. The fraction of sp³-hybridized carbons (Fsp3) is 0.615. The first-order valence-electron chi connectivity index (χ1n) is 7.90. The van der Waals surface area contributed by atoms with Crippen LogP contribution < -0.4 is 5.09 Å². The quantitative estimate of drug-likeness (QED) is 0.261. The minimum absolute atomic E-state index is 0.0428. The van der Waals surface area contributed by atoms with Gasteiger partial charge in [-0.2, -0.15) is 0 Å². The molecule has 1 aromatic heterocycles. The number of amides is 1. The summed E-state index contributed by atoms with van der Waals surface area (Å²) in [5, 5.41) is 24.4. The molecule has 0 bridgehead atoms. The number of nitrogens with zero attached hydrogens (tertiary/aromatic N) is 5. The molecule has 2 atom stereocenters. The molecule has 3 heterocycles. The number of tetrazole rings is 1. The molecule has 13 heteroatoms. The topological polar surface area (TPSA) is 122 Å². The SMILES string of the molecule is CO[C@@]1(N[PH2](C)C)C(=O)N2C(C(=O)O)=C(CSc3nnnn3C)CS[C@H]21. The van der Waals surface area contributed by atoms with Gasteiger partial charge in [0.2, 0.25) is 0 Å². The molecule has 2 N–H and O–H groups in total. The number of thioether (sulfide) groups is 2. The van der Waals surface area contributed by atoms with E-state index in [4.69, 9.17) is 4.74 Å². The van der Waals surface area contributed by atoms with E-state index in [0.29, 0.717) is 22.2 Å². The molecule has 26 heavy (non-hydrogen) atoms. The van der Waals surface area contributed by atoms with Gasteiger partial charge in [-0.15, -0.1) is 0 Å². The molecule has 1 amide bonds. The van der Waals surface area contributed by atoms with Crippen LogP contribution in [0.1, 0.15) is 0 Å². The van der Waals surface area contributed by atoms with Gasteiger partial charge in [-0.3, -0.25) is 0 Å². The molecule has 1 aromatic rings. The molecule has 0 aliphatic carbocycles. The number of carbonyl (C=O) groups is 2. The van der Waals surface area contributed by atoms with Crippen molar-refractivity contribution in [1.29, 1.82) is 0 Å². The first-order chi connectivity index (χ1) is 12.3. The van der Waals surface area contributed by atoms with Gasteiger partial charge in [0.05, 0.1) is 0 Å². The van der Waals surface area contributed by atoms with Gasteiger partial charge < -0.3 is 0 Å². The summed E-state index contributed by atoms with van der Waals surface area (Å²) in [5.74, 6) is -0.563. The third-order valence-corrected chi connectivity index (χ3v) is 7.57. The van der Waals surface area contributed by atoms with E-state index in [1.54, 1.807) is 7.05 Å². The number of carboxylic acids is 1. The van der Waals surface area contributed by atoms with Gasteiger partial charge in [-0.05, 0) is 0 Å². The van der Waals surface area contributed by atoms with Gasteiger partial charge in [-0.25, -0.2) is 0 Å². The van der Waals surface area contributed by atoms with Crippen molar-refractivity contribution in [2.24, 2.45) is 7.05 Å². The molecule has 10 nitrogen and oxygen atoms in total. The summed E-state index contributed by atoms with van der Waals surface area (Å²) in [5.41, 5.74) is -0.411. The Balaban J connectivity index is 1.86. The van der Waals surface area contributed by atoms with Crippen LogP contribution in [0.2, 0.25) is 0 Å². The molecule has 1 saturated heterocycles. The van der Waals surface area contributed by atoms with Crippen LogP contribution in [0.25, 0.3) is 0 Å². The number of aryl methyl sites for hydroxylation is 1. The van der Waals surface area contributed by atoms with Gasteiger partial charge in [0.25, 0.3) is 0 Å². The molecule has 0 spiro atoms. The summed E-state index contributed by atoms with van der Waals surface area (Å²) in [4.78, 5) is 26.1. The average Bonchev–Trinajstić information content (AvgIpc) is 3.01. The van der Waals surface area contributed by atoms with Crippen LogP contribution in [-0.2, 0) is 21.4 Å². The molecule has 0 saturated carbocycles. The number of fused-ring (bicyclic) bond motifs is 1. The van der Waals surface area contributed by atoms with Crippen molar-refractivity contribution in [1.82, 2.24) is 30.2 Å². The van der Waals surface area contributed by atoms with E-state index in [1.807, 2.05) is 0 Å². The Bertz CT molecular complexity index is 772. The van der Waals surface area contributed by atoms with Gasteiger partial charge in [0.1, 0.15) is 0 Å². The van der Waals surface area contributed by atoms with Crippen molar-refractivity contribution < 1.29 is 19.4 Å². The van der Waals surface area contributed by atoms with Crippen molar-refractivity contribution in [3.63, 3.8) is 0 Å². The Morgan fingerprint density at radius 1 is 1.58 bits per heavy atom. The molecule has 2 aliphatic heterocycles. The Hall–Kier alpha value is -1.20. The Kier molecular flexibility index (Phi) is 5.59. The van der Waals surface area contributed by atoms with Crippen LogP contribution in [0.5, 0.6) is 0 Å². The molecule has 2 aliphatic rings. The summed E-state index contributed by atoms with van der Waals surface area (Å²) >= 11 is 2.85. The maximum atomic E-state index is 12.8. The van der Waals surface area contributed by atoms with E-state index in [-0.39, 0.29) is 17.0 Å². The second-order valence-electron chi connectivity index (χ2n) is 6.21. The summed E-state index contributed by atoms with van der Waals surface area (Å²) in [7, 11) is 1.87. The number of nitrogens with one attached hydrogen (secondary N) is 1. The van der Waals surface area contributed by atoms with Gasteiger partial charge >= 0.3 is 160 Å². The van der Waals surface area contributed by atoms with Crippen LogP contribution in [0.15, 0.2) is 16.4 Å². The Morgan fingerprint density at radius 3 is 2.85 bits per heavy atom. The Morgan fingerprint density at radius 2 is 2.31 bits per heavy atom. The average molecular weight is 420 g/mol. The molecule has 0 radical (unpaired) electrons. The van der Waals surface area contributed by atoms with Gasteiger partial charge in [0, 0.05) is 0 Å². The van der Waals surface area contributed by atoms with Crippen molar-refractivity contribution in [3.8, 4) is 0 Å². The first kappa shape index (κ1) is 19.6. The van der Waals surface area contributed by atoms with Crippen LogP contribution in [0.4, 0.5) is 0 Å². The molecule has 3 rings (SSSR count). The van der Waals surface area contributed by atoms with Gasteiger partial charge in [-0.1, -0.05) is 0 Å². The van der Waals surface area contributed by atoms with E-state index < -0.39 is 19.8 Å². The predicted molar refractivity (Wildman–Crippen MR) is 102 cm³/mol. The van der Waals surface area contributed by atoms with E-state index in [1.165, 1.54) is 40.2 Å². The maximum absolute atomic E-state index is 12.8. The number of aromatic nitrogens is 4. The van der Waals surface area contributed by atoms with E-state index in [2.05, 4.69) is 33.9 Å². The van der Waals surface area contributed by atoms with Crippen molar-refractivity contribution in [2.75, 3.05) is 31.9 Å². The zero-order valence-corrected chi connectivity index (χ0v) is 17.6. The predicted octanol–water partition coefficient (Wildman–Crippen LogP) is -0.391. The molecular formula is C13H21N6O4PS2. The zero-order valence-electron chi connectivity index (χ0n) is 14.8. The van der Waals surface area contributed by atoms with Crippen molar-refractivity contribution in [3.05, 3.63) is 11.3 Å². The first-order valence-corrected chi connectivity index (χ1v) is 12.8. The van der Waals surface area contributed by atoms with E-state index in [9.17, 15) is 14.7 Å². The summed E-state index contributed by atoms with van der Waals surface area (Å²) in [6, 6.07) is 0. The number of β-lactam (4-membered cyclic amide) rings is 1. The number of ether oxygens (including phenoxy) is 1. The van der Waals surface area contributed by atoms with E-state index in [0.717, 1.165) is 0 Å². The fourth-order valence-electron chi connectivity index (χ4n) is 3.00. The monoisotopic (exact) mass is 420 g/mol. The van der Waals surface area contributed by atoms with Crippen LogP contribution in [0, 0.1) is 0 Å². The van der Waals surface area contributed by atoms with E-state index >= 15 is 0 Å². The van der Waals surface area contributed by atoms with Gasteiger partial charge in [0.15, 0.2) is 0 Å². The minimum atomic E-state index is -1.33. The van der Waals surface area contributed by atoms with Crippen LogP contribution in [0.3, 0.4) is 0 Å². The standard InChI is InChI=1S/C13H21N6O4PS2/c1-18-12(14-16-17-18)26-6-7-5-25-11-13(23-2,15-24(3)4)10(22)19(11)8(7)9(20)21/h11,15H,5-6,24H2,1-4H3,(H,20,21)/t11-,13-/m0/s1. The van der Waals surface area contributed by atoms with Crippen LogP contribution >= 0.6 is 31.6 Å². The zero-order chi connectivity index (χ0) is 19.1. The van der Waals surface area contributed by atoms with Crippen molar-refractivity contribution in [2.45, 2.75) is 16.3 Å². The number of hydrogen-bond acceptors (Lipinski definition) is 9. The summed E-state index contributed by atoms with van der Waals surface area (Å²) in [6.45, 7) is 4.10. The second kappa shape index (κ2) is 7.43. The summed E-state index contributed by atoms with van der Waals surface area (Å²) < 4.78 is 7.05. The van der Waals surface area contributed by atoms with Crippen molar-refractivity contribution >= 4 is 43.5 Å². The molecule has 144 valence electrons. The summed E-state index contributed by atoms with van der Waals surface area (Å²) in [6.07, 6.45) is 0. The number of rotatable bonds is 7. The third kappa shape index (κ3) is 3.13. The number of carbonyl (C=O) groups excluding carboxylic acids is 1. The molecule has 0 aromatic carbocycles. The number of methoxy groups -OCH3 is 1. The normalized spacial score (nSPS) is 25.8. The third-order valence-electron chi connectivity index (χ3n) is 4.09.